The number of hydrogen-bond donors (Lipinski definition) is 2. The van der Waals surface area contributed by atoms with Crippen LogP contribution in [0.4, 0.5) is 4.79 Å². The first-order chi connectivity index (χ1) is 13.1. The molecule has 3 saturated carbocycles. The first-order valence-electron chi connectivity index (χ1n) is 9.45. The summed E-state index contributed by atoms with van der Waals surface area (Å²) in [5.41, 5.74) is 3.47. The summed E-state index contributed by atoms with van der Waals surface area (Å²) in [6, 6.07) is 16.3. The molecule has 1 atom stereocenters. The number of rotatable bonds is 4. The third-order valence-corrected chi connectivity index (χ3v) is 6.59. The van der Waals surface area contributed by atoms with Crippen molar-refractivity contribution < 1.29 is 19.4 Å². The van der Waals surface area contributed by atoms with Crippen LogP contribution in [0, 0.1) is 11.8 Å². The lowest BCUT2D eigenvalue weighted by Crippen LogP contribution is -2.56. The van der Waals surface area contributed by atoms with E-state index in [1.165, 1.54) is 11.1 Å². The first kappa shape index (κ1) is 16.4. The summed E-state index contributed by atoms with van der Waals surface area (Å²) in [4.78, 5) is 24.3. The van der Waals surface area contributed by atoms with Gasteiger partial charge in [-0.2, -0.15) is 0 Å². The number of carboxylic acids is 1. The topological polar surface area (TPSA) is 75.6 Å². The normalized spacial score (nSPS) is 27.4. The van der Waals surface area contributed by atoms with Crippen molar-refractivity contribution in [2.24, 2.45) is 11.8 Å². The van der Waals surface area contributed by atoms with Crippen molar-refractivity contribution >= 4 is 12.1 Å². The molecule has 1 amide bonds. The molecule has 0 spiro atoms. The number of ether oxygens (including phenoxy) is 1. The summed E-state index contributed by atoms with van der Waals surface area (Å²) in [5, 5.41) is 12.4. The molecule has 2 bridgehead atoms. The maximum absolute atomic E-state index is 12.5. The van der Waals surface area contributed by atoms with Crippen LogP contribution in [0.3, 0.4) is 0 Å². The summed E-state index contributed by atoms with van der Waals surface area (Å²) < 4.78 is 5.53. The van der Waals surface area contributed by atoms with E-state index in [1.54, 1.807) is 0 Å². The van der Waals surface area contributed by atoms with E-state index in [4.69, 9.17) is 4.74 Å². The lowest BCUT2D eigenvalue weighted by Gasteiger charge is -2.31. The first-order valence-corrected chi connectivity index (χ1v) is 9.45. The smallest absolute Gasteiger partial charge is 0.408 e. The van der Waals surface area contributed by atoms with Crippen molar-refractivity contribution in [2.45, 2.75) is 30.7 Å². The number of hydrogen-bond acceptors (Lipinski definition) is 3. The molecule has 4 aliphatic carbocycles. The molecular formula is C22H21NO4. The lowest BCUT2D eigenvalue weighted by molar-refractivity contribution is -0.145. The SMILES string of the molecule is O=C(NC1(C(=O)O)CC2CC1C2)OCC1c2ccccc2-c2ccccc21. The molecule has 2 N–H and O–H groups in total. The Morgan fingerprint density at radius 1 is 1.04 bits per heavy atom. The number of fused-ring (bicyclic) bond motifs is 4. The predicted octanol–water partition coefficient (Wildman–Crippen LogP) is 3.78. The zero-order valence-corrected chi connectivity index (χ0v) is 14.9. The van der Waals surface area contributed by atoms with Crippen molar-refractivity contribution in [3.63, 3.8) is 0 Å². The second-order valence-corrected chi connectivity index (χ2v) is 7.97. The van der Waals surface area contributed by atoms with Crippen molar-refractivity contribution in [1.82, 2.24) is 5.32 Å². The van der Waals surface area contributed by atoms with E-state index in [0.717, 1.165) is 24.0 Å². The van der Waals surface area contributed by atoms with Gasteiger partial charge in [0.1, 0.15) is 12.1 Å². The molecule has 4 aliphatic rings. The molecule has 0 radical (unpaired) electrons. The average molecular weight is 363 g/mol. The Hall–Kier alpha value is -2.82. The van der Waals surface area contributed by atoms with Crippen LogP contribution in [-0.4, -0.2) is 29.3 Å². The highest BCUT2D eigenvalue weighted by molar-refractivity contribution is 5.86. The largest absolute Gasteiger partial charge is 0.479 e. The molecule has 0 aromatic heterocycles. The number of nitrogens with one attached hydrogen (secondary N) is 1. The van der Waals surface area contributed by atoms with Crippen LogP contribution < -0.4 is 5.32 Å². The number of amides is 1. The molecule has 5 nitrogen and oxygen atoms in total. The van der Waals surface area contributed by atoms with Gasteiger partial charge in [-0.1, -0.05) is 48.5 Å². The van der Waals surface area contributed by atoms with E-state index in [-0.39, 0.29) is 18.4 Å². The van der Waals surface area contributed by atoms with Gasteiger partial charge in [-0.25, -0.2) is 9.59 Å². The van der Waals surface area contributed by atoms with Crippen LogP contribution >= 0.6 is 0 Å². The Morgan fingerprint density at radius 3 is 2.15 bits per heavy atom. The molecule has 27 heavy (non-hydrogen) atoms. The average Bonchev–Trinajstić information content (AvgIpc) is 3.28. The molecule has 5 heteroatoms. The van der Waals surface area contributed by atoms with Gasteiger partial charge in [-0.15, -0.1) is 0 Å². The Labute approximate surface area is 157 Å². The van der Waals surface area contributed by atoms with E-state index < -0.39 is 17.6 Å². The van der Waals surface area contributed by atoms with Crippen molar-refractivity contribution in [3.05, 3.63) is 59.7 Å². The molecule has 1 unspecified atom stereocenters. The van der Waals surface area contributed by atoms with E-state index in [0.29, 0.717) is 12.3 Å². The van der Waals surface area contributed by atoms with E-state index >= 15 is 0 Å². The number of carbonyl (C=O) groups is 2. The standard InChI is InChI=1S/C22H21NO4/c24-20(25)22(11-13-9-14(22)10-13)23-21(26)27-12-19-17-7-3-1-5-15(17)16-6-2-4-8-18(16)19/h1-8,13-14,19H,9-12H2,(H,23,26)(H,24,25). The minimum Gasteiger partial charge on any atom is -0.479 e. The summed E-state index contributed by atoms with van der Waals surface area (Å²) >= 11 is 0. The third-order valence-electron chi connectivity index (χ3n) is 6.59. The van der Waals surface area contributed by atoms with Crippen LogP contribution in [-0.2, 0) is 9.53 Å². The van der Waals surface area contributed by atoms with Gasteiger partial charge >= 0.3 is 12.1 Å². The highest BCUT2D eigenvalue weighted by atomic mass is 16.5. The molecule has 0 heterocycles. The molecule has 6 rings (SSSR count). The summed E-state index contributed by atoms with van der Waals surface area (Å²) in [6.07, 6.45) is 1.65. The van der Waals surface area contributed by atoms with Gasteiger partial charge in [0.2, 0.25) is 0 Å². The second kappa shape index (κ2) is 5.84. The second-order valence-electron chi connectivity index (χ2n) is 7.97. The van der Waals surface area contributed by atoms with E-state index in [1.807, 2.05) is 24.3 Å². The van der Waals surface area contributed by atoms with Gasteiger partial charge < -0.3 is 15.2 Å². The van der Waals surface area contributed by atoms with Gasteiger partial charge in [0.15, 0.2) is 0 Å². The highest BCUT2D eigenvalue weighted by Crippen LogP contribution is 2.55. The van der Waals surface area contributed by atoms with Crippen LogP contribution in [0.15, 0.2) is 48.5 Å². The van der Waals surface area contributed by atoms with Crippen LogP contribution in [0.5, 0.6) is 0 Å². The minimum absolute atomic E-state index is 0.0267. The number of aliphatic carboxylic acids is 1. The molecule has 3 fully saturated rings. The maximum Gasteiger partial charge on any atom is 0.408 e. The van der Waals surface area contributed by atoms with Gasteiger partial charge in [-0.05, 0) is 53.4 Å². The maximum atomic E-state index is 12.5. The monoisotopic (exact) mass is 363 g/mol. The number of benzene rings is 2. The Morgan fingerprint density at radius 2 is 1.63 bits per heavy atom. The summed E-state index contributed by atoms with van der Waals surface area (Å²) in [6.45, 7) is 0.198. The van der Waals surface area contributed by atoms with E-state index in [2.05, 4.69) is 29.6 Å². The quantitative estimate of drug-likeness (QED) is 0.867. The lowest BCUT2D eigenvalue weighted by atomic mass is 9.80. The number of carbonyl (C=O) groups excluding carboxylic acids is 1. The fourth-order valence-electron chi connectivity index (χ4n) is 5.21. The molecule has 0 aliphatic heterocycles. The van der Waals surface area contributed by atoms with Gasteiger partial charge in [0.25, 0.3) is 0 Å². The van der Waals surface area contributed by atoms with Gasteiger partial charge in [0.05, 0.1) is 0 Å². The number of alkyl carbamates (subject to hydrolysis) is 1. The fraction of sp³-hybridized carbons (Fsp3) is 0.364. The Kier molecular flexibility index (Phi) is 3.54. The molecular weight excluding hydrogens is 342 g/mol. The van der Waals surface area contributed by atoms with E-state index in [9.17, 15) is 14.7 Å². The molecule has 138 valence electrons. The Balaban J connectivity index is 1.33. The zero-order valence-electron chi connectivity index (χ0n) is 14.9. The minimum atomic E-state index is -1.15. The van der Waals surface area contributed by atoms with Crippen molar-refractivity contribution in [3.8, 4) is 11.1 Å². The summed E-state index contributed by atoms with van der Waals surface area (Å²) in [5.74, 6) is -0.525. The van der Waals surface area contributed by atoms with Gasteiger partial charge in [0, 0.05) is 5.92 Å². The predicted molar refractivity (Wildman–Crippen MR) is 99.4 cm³/mol. The molecule has 2 aromatic carbocycles. The molecule has 2 aromatic rings. The van der Waals surface area contributed by atoms with Crippen molar-refractivity contribution in [2.75, 3.05) is 6.61 Å². The zero-order chi connectivity index (χ0) is 18.6. The molecule has 0 saturated heterocycles. The van der Waals surface area contributed by atoms with Crippen molar-refractivity contribution in [1.29, 1.82) is 0 Å². The Bertz CT molecular complexity index is 888. The van der Waals surface area contributed by atoms with Crippen LogP contribution in [0.1, 0.15) is 36.3 Å². The number of carboxylic acid groups (broad SMARTS) is 1. The summed E-state index contributed by atoms with van der Waals surface area (Å²) in [7, 11) is 0. The third kappa shape index (κ3) is 2.37. The fourth-order valence-corrected chi connectivity index (χ4v) is 5.21. The van der Waals surface area contributed by atoms with Gasteiger partial charge in [-0.3, -0.25) is 0 Å². The van der Waals surface area contributed by atoms with Crippen LogP contribution in [0.25, 0.3) is 11.1 Å². The highest BCUT2D eigenvalue weighted by Gasteiger charge is 2.61. The van der Waals surface area contributed by atoms with Crippen LogP contribution in [0.2, 0.25) is 0 Å².